The van der Waals surface area contributed by atoms with Gasteiger partial charge in [0.2, 0.25) is 0 Å². The Morgan fingerprint density at radius 2 is 1.67 bits per heavy atom. The van der Waals surface area contributed by atoms with E-state index in [4.69, 9.17) is 4.74 Å². The fraction of sp³-hybridized carbons (Fsp3) is 0.333. The van der Waals surface area contributed by atoms with Crippen molar-refractivity contribution in [3.63, 3.8) is 0 Å². The maximum atomic E-state index is 12.9. The van der Waals surface area contributed by atoms with Crippen molar-refractivity contribution in [2.45, 2.75) is 19.9 Å². The second-order valence-corrected chi connectivity index (χ2v) is 5.37. The molecule has 0 fully saturated rings. The minimum absolute atomic E-state index is 0.198. The van der Waals surface area contributed by atoms with E-state index in [9.17, 15) is 4.39 Å². The molecule has 112 valence electrons. The molecule has 0 saturated heterocycles. The summed E-state index contributed by atoms with van der Waals surface area (Å²) in [7, 11) is 2.05. The summed E-state index contributed by atoms with van der Waals surface area (Å²) >= 11 is 0. The highest BCUT2D eigenvalue weighted by Crippen LogP contribution is 2.19. The second-order valence-electron chi connectivity index (χ2n) is 5.37. The number of nitrogens with zero attached hydrogens (tertiary/aromatic N) is 1. The number of benzene rings is 2. The van der Waals surface area contributed by atoms with Gasteiger partial charge in [-0.1, -0.05) is 29.8 Å². The number of aryl methyl sites for hydroxylation is 1. The highest BCUT2D eigenvalue weighted by molar-refractivity contribution is 5.26. The lowest BCUT2D eigenvalue weighted by Gasteiger charge is -2.25. The lowest BCUT2D eigenvalue weighted by atomic mass is 10.1. The third-order valence-electron chi connectivity index (χ3n) is 3.75. The van der Waals surface area contributed by atoms with Gasteiger partial charge in [0.15, 0.2) is 0 Å². The van der Waals surface area contributed by atoms with Crippen LogP contribution < -0.4 is 4.74 Å². The number of hydrogen-bond donors (Lipinski definition) is 0. The number of likely N-dealkylation sites (N-methyl/N-ethyl adjacent to an activating group) is 1. The summed E-state index contributed by atoms with van der Waals surface area (Å²) in [6.07, 6.45) is 0. The van der Waals surface area contributed by atoms with Crippen LogP contribution in [0.3, 0.4) is 0 Å². The van der Waals surface area contributed by atoms with Crippen molar-refractivity contribution in [3.05, 3.63) is 65.5 Å². The van der Waals surface area contributed by atoms with Gasteiger partial charge in [-0.2, -0.15) is 0 Å². The monoisotopic (exact) mass is 287 g/mol. The van der Waals surface area contributed by atoms with E-state index in [0.29, 0.717) is 6.61 Å². The van der Waals surface area contributed by atoms with Crippen molar-refractivity contribution in [2.75, 3.05) is 20.2 Å². The molecule has 0 heterocycles. The van der Waals surface area contributed by atoms with Gasteiger partial charge in [0.05, 0.1) is 0 Å². The van der Waals surface area contributed by atoms with Gasteiger partial charge in [-0.3, -0.25) is 4.90 Å². The normalized spacial score (nSPS) is 12.4. The molecule has 0 radical (unpaired) electrons. The molecular weight excluding hydrogens is 265 g/mol. The van der Waals surface area contributed by atoms with Gasteiger partial charge >= 0.3 is 0 Å². The van der Waals surface area contributed by atoms with E-state index >= 15 is 0 Å². The van der Waals surface area contributed by atoms with Crippen LogP contribution in [0.4, 0.5) is 4.39 Å². The van der Waals surface area contributed by atoms with E-state index < -0.39 is 0 Å². The Labute approximate surface area is 126 Å². The predicted octanol–water partition coefficient (Wildman–Crippen LogP) is 4.21. The van der Waals surface area contributed by atoms with Crippen molar-refractivity contribution in [3.8, 4) is 5.75 Å². The Morgan fingerprint density at radius 3 is 2.29 bits per heavy atom. The summed E-state index contributed by atoms with van der Waals surface area (Å²) < 4.78 is 18.7. The number of hydrogen-bond acceptors (Lipinski definition) is 2. The summed E-state index contributed by atoms with van der Waals surface area (Å²) in [4.78, 5) is 2.20. The summed E-state index contributed by atoms with van der Waals surface area (Å²) in [5.74, 6) is 0.694. The fourth-order valence-electron chi connectivity index (χ4n) is 2.13. The smallest absolute Gasteiger partial charge is 0.123 e. The van der Waals surface area contributed by atoms with Crippen LogP contribution in [0.25, 0.3) is 0 Å². The summed E-state index contributed by atoms with van der Waals surface area (Å²) in [6.45, 7) is 5.61. The van der Waals surface area contributed by atoms with E-state index in [0.717, 1.165) is 17.9 Å². The van der Waals surface area contributed by atoms with E-state index in [1.54, 1.807) is 0 Å². The van der Waals surface area contributed by atoms with E-state index in [1.807, 2.05) is 43.4 Å². The third-order valence-corrected chi connectivity index (χ3v) is 3.75. The van der Waals surface area contributed by atoms with Crippen LogP contribution in [-0.4, -0.2) is 25.1 Å². The van der Waals surface area contributed by atoms with Crippen molar-refractivity contribution in [2.24, 2.45) is 0 Å². The molecule has 0 spiro atoms. The molecule has 0 aliphatic heterocycles. The quantitative estimate of drug-likeness (QED) is 0.789. The molecule has 2 nitrogen and oxygen atoms in total. The van der Waals surface area contributed by atoms with E-state index in [2.05, 4.69) is 18.7 Å². The molecule has 21 heavy (non-hydrogen) atoms. The van der Waals surface area contributed by atoms with Crippen LogP contribution in [-0.2, 0) is 0 Å². The molecule has 0 N–H and O–H groups in total. The lowest BCUT2D eigenvalue weighted by Crippen LogP contribution is -2.27. The second kappa shape index (κ2) is 7.23. The maximum absolute atomic E-state index is 12.9. The van der Waals surface area contributed by atoms with Crippen LogP contribution in [0.1, 0.15) is 24.1 Å². The molecule has 1 atom stereocenters. The van der Waals surface area contributed by atoms with Gasteiger partial charge < -0.3 is 4.74 Å². The Bertz CT molecular complexity index is 550. The number of rotatable bonds is 6. The van der Waals surface area contributed by atoms with Crippen molar-refractivity contribution in [1.29, 1.82) is 0 Å². The Hall–Kier alpha value is -1.87. The van der Waals surface area contributed by atoms with Crippen LogP contribution in [0.15, 0.2) is 48.5 Å². The Balaban J connectivity index is 1.82. The first-order chi connectivity index (χ1) is 10.1. The first-order valence-corrected chi connectivity index (χ1v) is 7.21. The molecule has 0 saturated carbocycles. The molecule has 0 bridgehead atoms. The zero-order valence-electron chi connectivity index (χ0n) is 12.8. The highest BCUT2D eigenvalue weighted by Gasteiger charge is 2.11. The number of ether oxygens (including phenoxy) is 1. The van der Waals surface area contributed by atoms with Crippen LogP contribution >= 0.6 is 0 Å². The average molecular weight is 287 g/mol. The van der Waals surface area contributed by atoms with Crippen LogP contribution in [0, 0.1) is 12.7 Å². The molecule has 2 aromatic carbocycles. The van der Waals surface area contributed by atoms with Gasteiger partial charge in [-0.15, -0.1) is 0 Å². The third kappa shape index (κ3) is 4.57. The summed E-state index contributed by atoms with van der Waals surface area (Å²) in [5, 5.41) is 0. The molecule has 2 aromatic rings. The van der Waals surface area contributed by atoms with Gasteiger partial charge in [0, 0.05) is 12.6 Å². The topological polar surface area (TPSA) is 12.5 Å². The Morgan fingerprint density at radius 1 is 1.05 bits per heavy atom. The Kier molecular flexibility index (Phi) is 5.34. The maximum Gasteiger partial charge on any atom is 0.123 e. The van der Waals surface area contributed by atoms with Crippen LogP contribution in [0.5, 0.6) is 5.75 Å². The molecule has 2 rings (SSSR count). The van der Waals surface area contributed by atoms with Crippen molar-refractivity contribution >= 4 is 0 Å². The van der Waals surface area contributed by atoms with Crippen molar-refractivity contribution < 1.29 is 9.13 Å². The van der Waals surface area contributed by atoms with Gasteiger partial charge in [0.1, 0.15) is 18.2 Å². The fourth-order valence-corrected chi connectivity index (χ4v) is 2.13. The zero-order valence-corrected chi connectivity index (χ0v) is 12.8. The molecular formula is C18H22FNO. The first-order valence-electron chi connectivity index (χ1n) is 7.21. The predicted molar refractivity (Wildman–Crippen MR) is 84.1 cm³/mol. The SMILES string of the molecule is Cc1ccc(OCCN(C)C(C)c2ccc(F)cc2)cc1. The van der Waals surface area contributed by atoms with Crippen LogP contribution in [0.2, 0.25) is 0 Å². The molecule has 3 heteroatoms. The molecule has 0 amide bonds. The molecule has 0 aliphatic carbocycles. The minimum Gasteiger partial charge on any atom is -0.492 e. The largest absolute Gasteiger partial charge is 0.492 e. The van der Waals surface area contributed by atoms with Crippen molar-refractivity contribution in [1.82, 2.24) is 4.90 Å². The van der Waals surface area contributed by atoms with E-state index in [-0.39, 0.29) is 11.9 Å². The molecule has 0 aliphatic rings. The average Bonchev–Trinajstić information content (AvgIpc) is 2.49. The number of halogens is 1. The van der Waals surface area contributed by atoms with Gasteiger partial charge in [-0.05, 0) is 50.7 Å². The zero-order chi connectivity index (χ0) is 15.2. The lowest BCUT2D eigenvalue weighted by molar-refractivity contribution is 0.201. The highest BCUT2D eigenvalue weighted by atomic mass is 19.1. The summed E-state index contributed by atoms with van der Waals surface area (Å²) in [6, 6.07) is 14.9. The molecule has 1 unspecified atom stereocenters. The summed E-state index contributed by atoms with van der Waals surface area (Å²) in [5.41, 5.74) is 2.33. The standard InChI is InChI=1S/C18H22FNO/c1-14-4-10-18(11-5-14)21-13-12-20(3)15(2)16-6-8-17(19)9-7-16/h4-11,15H,12-13H2,1-3H3. The molecule has 0 aromatic heterocycles. The van der Waals surface area contributed by atoms with E-state index in [1.165, 1.54) is 17.7 Å². The minimum atomic E-state index is -0.198. The van der Waals surface area contributed by atoms with Gasteiger partial charge in [-0.25, -0.2) is 4.39 Å². The first kappa shape index (κ1) is 15.5. The van der Waals surface area contributed by atoms with Gasteiger partial charge in [0.25, 0.3) is 0 Å².